The minimum Gasteiger partial charge on any atom is -0.494 e. The molecule has 0 spiro atoms. The lowest BCUT2D eigenvalue weighted by Gasteiger charge is -2.09. The highest BCUT2D eigenvalue weighted by atomic mass is 16.5. The Labute approximate surface area is 193 Å². The molecule has 0 heterocycles. The summed E-state index contributed by atoms with van der Waals surface area (Å²) in [4.78, 5) is 12.4. The van der Waals surface area contributed by atoms with Crippen molar-refractivity contribution < 1.29 is 19.0 Å². The molecule has 2 aromatic rings. The molecule has 0 unspecified atom stereocenters. The normalized spacial score (nSPS) is 10.5. The molecule has 2 aromatic carbocycles. The van der Waals surface area contributed by atoms with Crippen molar-refractivity contribution in [2.75, 3.05) is 13.2 Å². The molecule has 0 saturated carbocycles. The fourth-order valence-electron chi connectivity index (χ4n) is 3.29. The van der Waals surface area contributed by atoms with E-state index in [0.29, 0.717) is 24.5 Å². The minimum absolute atomic E-state index is 0.387. The molecule has 0 N–H and O–H groups in total. The Morgan fingerprint density at radius 2 is 1.22 bits per heavy atom. The summed E-state index contributed by atoms with van der Waals surface area (Å²) in [6, 6.07) is 14.2. The molecule has 0 aromatic heterocycles. The third kappa shape index (κ3) is 10.5. The van der Waals surface area contributed by atoms with Gasteiger partial charge in [-0.1, -0.05) is 51.5 Å². The number of esters is 1. The fraction of sp³-hybridized carbons (Fsp3) is 0.464. The van der Waals surface area contributed by atoms with Gasteiger partial charge in [0, 0.05) is 0 Å². The van der Waals surface area contributed by atoms with Crippen LogP contribution in [0.2, 0.25) is 0 Å². The summed E-state index contributed by atoms with van der Waals surface area (Å²) in [7, 11) is 0. The first-order valence-electron chi connectivity index (χ1n) is 12.0. The predicted molar refractivity (Wildman–Crippen MR) is 131 cm³/mol. The molecule has 0 fully saturated rings. The van der Waals surface area contributed by atoms with E-state index in [1.807, 2.05) is 30.3 Å². The topological polar surface area (TPSA) is 44.8 Å². The Hall–Kier alpha value is -2.75. The number of allylic oxidation sites excluding steroid dienone is 1. The van der Waals surface area contributed by atoms with E-state index >= 15 is 0 Å². The van der Waals surface area contributed by atoms with Gasteiger partial charge in [0.05, 0.1) is 18.8 Å². The number of benzene rings is 2. The number of carbonyl (C=O) groups is 1. The largest absolute Gasteiger partial charge is 0.494 e. The second kappa shape index (κ2) is 16.0. The van der Waals surface area contributed by atoms with Gasteiger partial charge in [-0.05, 0) is 74.2 Å². The van der Waals surface area contributed by atoms with E-state index in [0.717, 1.165) is 37.2 Å². The average molecular weight is 439 g/mol. The molecular weight excluding hydrogens is 400 g/mol. The van der Waals surface area contributed by atoms with Crippen molar-refractivity contribution in [3.8, 4) is 17.2 Å². The van der Waals surface area contributed by atoms with Crippen LogP contribution in [-0.2, 0) is 0 Å². The molecule has 174 valence electrons. The van der Waals surface area contributed by atoms with Crippen LogP contribution in [0.15, 0.2) is 61.2 Å². The first kappa shape index (κ1) is 25.5. The van der Waals surface area contributed by atoms with Crippen molar-refractivity contribution in [1.82, 2.24) is 0 Å². The van der Waals surface area contributed by atoms with Crippen LogP contribution in [0.3, 0.4) is 0 Å². The second-order valence-electron chi connectivity index (χ2n) is 7.99. The molecule has 0 atom stereocenters. The Morgan fingerprint density at radius 1 is 0.719 bits per heavy atom. The summed E-state index contributed by atoms with van der Waals surface area (Å²) in [5.41, 5.74) is 0.496. The first-order valence-corrected chi connectivity index (χ1v) is 12.0. The molecule has 0 saturated heterocycles. The molecule has 0 aliphatic heterocycles. The monoisotopic (exact) mass is 438 g/mol. The lowest BCUT2D eigenvalue weighted by molar-refractivity contribution is 0.0734. The predicted octanol–water partition coefficient (Wildman–Crippen LogP) is 7.77. The maximum absolute atomic E-state index is 12.4. The molecule has 4 nitrogen and oxygen atoms in total. The smallest absolute Gasteiger partial charge is 0.343 e. The van der Waals surface area contributed by atoms with Gasteiger partial charge in [-0.25, -0.2) is 4.79 Å². The van der Waals surface area contributed by atoms with Crippen molar-refractivity contribution in [1.29, 1.82) is 0 Å². The van der Waals surface area contributed by atoms with E-state index < -0.39 is 0 Å². The molecule has 0 amide bonds. The number of rotatable bonds is 17. The van der Waals surface area contributed by atoms with Crippen molar-refractivity contribution in [3.63, 3.8) is 0 Å². The molecule has 0 aliphatic carbocycles. The summed E-state index contributed by atoms with van der Waals surface area (Å²) in [6.07, 6.45) is 13.8. The third-order valence-corrected chi connectivity index (χ3v) is 5.21. The van der Waals surface area contributed by atoms with Gasteiger partial charge in [0.1, 0.15) is 17.2 Å². The number of hydrogen-bond acceptors (Lipinski definition) is 4. The highest BCUT2D eigenvalue weighted by Gasteiger charge is 2.09. The van der Waals surface area contributed by atoms with Gasteiger partial charge in [0.25, 0.3) is 0 Å². The molecule has 4 heteroatoms. The quantitative estimate of drug-likeness (QED) is 0.109. The first-order chi connectivity index (χ1) is 15.7. The zero-order valence-electron chi connectivity index (χ0n) is 19.5. The maximum atomic E-state index is 12.4. The highest BCUT2D eigenvalue weighted by molar-refractivity contribution is 5.91. The van der Waals surface area contributed by atoms with E-state index in [9.17, 15) is 4.79 Å². The summed E-state index contributed by atoms with van der Waals surface area (Å²) >= 11 is 0. The van der Waals surface area contributed by atoms with Gasteiger partial charge in [-0.2, -0.15) is 0 Å². The van der Waals surface area contributed by atoms with Crippen molar-refractivity contribution in [2.24, 2.45) is 0 Å². The van der Waals surface area contributed by atoms with Crippen LogP contribution in [0.1, 0.15) is 81.5 Å². The SMILES string of the molecule is C=CCCCCOc1ccc(OC(=O)c2ccc(OCCCCCCCCC)cc2)cc1. The Bertz CT molecular complexity index is 765. The van der Waals surface area contributed by atoms with Crippen LogP contribution in [0.4, 0.5) is 0 Å². The molecular formula is C28H38O4. The molecule has 0 radical (unpaired) electrons. The summed E-state index contributed by atoms with van der Waals surface area (Å²) in [6.45, 7) is 7.33. The highest BCUT2D eigenvalue weighted by Crippen LogP contribution is 2.20. The van der Waals surface area contributed by atoms with Crippen LogP contribution >= 0.6 is 0 Å². The van der Waals surface area contributed by atoms with Gasteiger partial charge >= 0.3 is 5.97 Å². The van der Waals surface area contributed by atoms with E-state index in [1.54, 1.807) is 24.3 Å². The van der Waals surface area contributed by atoms with Gasteiger partial charge in [0.15, 0.2) is 0 Å². The van der Waals surface area contributed by atoms with Crippen LogP contribution in [0.5, 0.6) is 17.2 Å². The Morgan fingerprint density at radius 3 is 1.81 bits per heavy atom. The number of unbranched alkanes of at least 4 members (excludes halogenated alkanes) is 8. The number of hydrogen-bond donors (Lipinski definition) is 0. The zero-order chi connectivity index (χ0) is 22.9. The van der Waals surface area contributed by atoms with Crippen molar-refractivity contribution in [2.45, 2.75) is 71.1 Å². The Kier molecular flexibility index (Phi) is 12.7. The van der Waals surface area contributed by atoms with Gasteiger partial charge < -0.3 is 14.2 Å². The van der Waals surface area contributed by atoms with Crippen molar-refractivity contribution in [3.05, 3.63) is 66.7 Å². The molecule has 32 heavy (non-hydrogen) atoms. The lowest BCUT2D eigenvalue weighted by Crippen LogP contribution is -2.08. The summed E-state index contributed by atoms with van der Waals surface area (Å²) in [5, 5.41) is 0. The van der Waals surface area contributed by atoms with E-state index in [1.165, 1.54) is 38.5 Å². The van der Waals surface area contributed by atoms with E-state index in [-0.39, 0.29) is 5.97 Å². The summed E-state index contributed by atoms with van der Waals surface area (Å²) < 4.78 is 16.9. The second-order valence-corrected chi connectivity index (χ2v) is 7.99. The third-order valence-electron chi connectivity index (χ3n) is 5.21. The van der Waals surface area contributed by atoms with Crippen LogP contribution in [0, 0.1) is 0 Å². The van der Waals surface area contributed by atoms with Crippen LogP contribution in [-0.4, -0.2) is 19.2 Å². The zero-order valence-corrected chi connectivity index (χ0v) is 19.5. The standard InChI is InChI=1S/C28H38O4/c1-3-5-7-9-10-11-13-23-30-25-16-14-24(15-17-25)28(29)32-27-20-18-26(19-21-27)31-22-12-8-6-4-2/h4,14-21H,2-3,5-13,22-23H2,1H3. The summed E-state index contributed by atoms with van der Waals surface area (Å²) in [5.74, 6) is 1.66. The number of ether oxygens (including phenoxy) is 3. The van der Waals surface area contributed by atoms with Gasteiger partial charge in [0.2, 0.25) is 0 Å². The van der Waals surface area contributed by atoms with E-state index in [4.69, 9.17) is 14.2 Å². The molecule has 2 rings (SSSR count). The average Bonchev–Trinajstić information content (AvgIpc) is 2.82. The van der Waals surface area contributed by atoms with Crippen molar-refractivity contribution >= 4 is 5.97 Å². The number of carbonyl (C=O) groups excluding carboxylic acids is 1. The van der Waals surface area contributed by atoms with E-state index in [2.05, 4.69) is 13.5 Å². The fourth-order valence-corrected chi connectivity index (χ4v) is 3.29. The molecule has 0 aliphatic rings. The minimum atomic E-state index is -0.387. The van der Waals surface area contributed by atoms with Gasteiger partial charge in [-0.15, -0.1) is 6.58 Å². The molecule has 0 bridgehead atoms. The Balaban J connectivity index is 1.67. The lowest BCUT2D eigenvalue weighted by atomic mass is 10.1. The van der Waals surface area contributed by atoms with Gasteiger partial charge in [-0.3, -0.25) is 0 Å². The van der Waals surface area contributed by atoms with Crippen LogP contribution < -0.4 is 14.2 Å². The maximum Gasteiger partial charge on any atom is 0.343 e. The van der Waals surface area contributed by atoms with Crippen LogP contribution in [0.25, 0.3) is 0 Å².